The zero-order valence-electron chi connectivity index (χ0n) is 14.8. The third-order valence-electron chi connectivity index (χ3n) is 4.69. The van der Waals surface area contributed by atoms with E-state index >= 15 is 0 Å². The van der Waals surface area contributed by atoms with Gasteiger partial charge in [0.25, 0.3) is 0 Å². The molecule has 0 unspecified atom stereocenters. The third kappa shape index (κ3) is 3.50. The van der Waals surface area contributed by atoms with Crippen molar-refractivity contribution in [1.29, 1.82) is 0 Å². The summed E-state index contributed by atoms with van der Waals surface area (Å²) in [6, 6.07) is 9.45. The fourth-order valence-corrected chi connectivity index (χ4v) is 3.21. The lowest BCUT2D eigenvalue weighted by Gasteiger charge is -2.16. The summed E-state index contributed by atoms with van der Waals surface area (Å²) in [6.45, 7) is 5.93. The number of anilines is 1. The number of rotatable bonds is 5. The van der Waals surface area contributed by atoms with Gasteiger partial charge < -0.3 is 19.2 Å². The maximum atomic E-state index is 12.2. The Morgan fingerprint density at radius 2 is 1.96 bits per heavy atom. The lowest BCUT2D eigenvalue weighted by molar-refractivity contribution is -0.116. The van der Waals surface area contributed by atoms with E-state index in [0.717, 1.165) is 17.4 Å². The van der Waals surface area contributed by atoms with Gasteiger partial charge in [0.2, 0.25) is 11.7 Å². The summed E-state index contributed by atoms with van der Waals surface area (Å²) in [4.78, 5) is 12.2. The van der Waals surface area contributed by atoms with Crippen LogP contribution in [0.3, 0.4) is 0 Å². The molecule has 1 amide bonds. The minimum Gasteiger partial charge on any atom is -0.466 e. The Hall–Kier alpha value is -2.43. The van der Waals surface area contributed by atoms with Crippen LogP contribution in [0.25, 0.3) is 0 Å². The van der Waals surface area contributed by atoms with Gasteiger partial charge in [-0.15, -0.1) is 0 Å². The minimum absolute atomic E-state index is 0.0455. The maximum absolute atomic E-state index is 12.2. The highest BCUT2D eigenvalue weighted by atomic mass is 16.7. The van der Waals surface area contributed by atoms with E-state index in [9.17, 15) is 4.79 Å². The van der Waals surface area contributed by atoms with Gasteiger partial charge in [-0.1, -0.05) is 6.92 Å². The Labute approximate surface area is 147 Å². The van der Waals surface area contributed by atoms with Gasteiger partial charge in [-0.2, -0.15) is 0 Å². The summed E-state index contributed by atoms with van der Waals surface area (Å²) < 4.78 is 17.2. The van der Waals surface area contributed by atoms with E-state index < -0.39 is 5.79 Å². The lowest BCUT2D eigenvalue weighted by Crippen LogP contribution is -2.29. The van der Waals surface area contributed by atoms with E-state index in [1.165, 1.54) is 6.42 Å². The number of benzene rings is 1. The number of fused-ring (bicyclic) bond motifs is 1. The quantitative estimate of drug-likeness (QED) is 0.871. The third-order valence-corrected chi connectivity index (χ3v) is 4.69. The molecule has 0 bridgehead atoms. The average molecular weight is 341 g/mol. The predicted molar refractivity (Wildman–Crippen MR) is 94.0 cm³/mol. The SMILES string of the molecule is C[C@@H]1C[C@@H]1c1ccc(CCC(=O)Nc2ccc3c(c2)OC(C)(C)O3)o1. The molecule has 0 saturated heterocycles. The van der Waals surface area contributed by atoms with E-state index in [1.807, 2.05) is 38.1 Å². The van der Waals surface area contributed by atoms with Crippen molar-refractivity contribution in [3.8, 4) is 11.5 Å². The molecule has 2 atom stereocenters. The molecule has 25 heavy (non-hydrogen) atoms. The molecule has 2 aliphatic rings. The van der Waals surface area contributed by atoms with Crippen LogP contribution < -0.4 is 14.8 Å². The molecular formula is C20H23NO4. The van der Waals surface area contributed by atoms with Crippen molar-refractivity contribution in [2.75, 3.05) is 5.32 Å². The Morgan fingerprint density at radius 3 is 2.72 bits per heavy atom. The molecule has 1 aliphatic heterocycles. The average Bonchev–Trinajstić information content (AvgIpc) is 2.96. The minimum atomic E-state index is -0.666. The van der Waals surface area contributed by atoms with Gasteiger partial charge in [0.05, 0.1) is 0 Å². The Balaban J connectivity index is 1.31. The second-order valence-electron chi connectivity index (χ2n) is 7.44. The molecule has 1 fully saturated rings. The Kier molecular flexibility index (Phi) is 3.74. The summed E-state index contributed by atoms with van der Waals surface area (Å²) in [7, 11) is 0. The van der Waals surface area contributed by atoms with Crippen LogP contribution in [0.5, 0.6) is 11.5 Å². The molecule has 4 rings (SSSR count). The topological polar surface area (TPSA) is 60.7 Å². The van der Waals surface area contributed by atoms with Gasteiger partial charge in [-0.3, -0.25) is 4.79 Å². The first kappa shape index (κ1) is 16.1. The number of carbonyl (C=O) groups excluding carboxylic acids is 1. The highest BCUT2D eigenvalue weighted by Gasteiger charge is 2.36. The summed E-state index contributed by atoms with van der Waals surface area (Å²) in [6.07, 6.45) is 2.19. The fraction of sp³-hybridized carbons (Fsp3) is 0.450. The number of ether oxygens (including phenoxy) is 2. The van der Waals surface area contributed by atoms with E-state index in [4.69, 9.17) is 13.9 Å². The molecule has 5 nitrogen and oxygen atoms in total. The number of aryl methyl sites for hydroxylation is 1. The first-order valence-corrected chi connectivity index (χ1v) is 8.80. The molecule has 0 spiro atoms. The van der Waals surface area contributed by atoms with Gasteiger partial charge in [0, 0.05) is 44.4 Å². The molecule has 1 saturated carbocycles. The zero-order valence-corrected chi connectivity index (χ0v) is 14.8. The van der Waals surface area contributed by atoms with Crippen LogP contribution in [-0.2, 0) is 11.2 Å². The Morgan fingerprint density at radius 1 is 1.20 bits per heavy atom. The number of hydrogen-bond acceptors (Lipinski definition) is 4. The lowest BCUT2D eigenvalue weighted by atomic mass is 10.2. The monoisotopic (exact) mass is 341 g/mol. The molecule has 1 aromatic carbocycles. The molecule has 2 heterocycles. The summed E-state index contributed by atoms with van der Waals surface area (Å²) >= 11 is 0. The first-order valence-electron chi connectivity index (χ1n) is 8.80. The largest absolute Gasteiger partial charge is 0.466 e. The molecule has 2 aromatic rings. The Bertz CT molecular complexity index is 808. The van der Waals surface area contributed by atoms with E-state index in [2.05, 4.69) is 12.2 Å². The molecule has 1 aromatic heterocycles. The van der Waals surface area contributed by atoms with Crippen LogP contribution in [-0.4, -0.2) is 11.7 Å². The summed E-state index contributed by atoms with van der Waals surface area (Å²) in [5.41, 5.74) is 0.706. The van der Waals surface area contributed by atoms with Crippen molar-refractivity contribution in [3.63, 3.8) is 0 Å². The highest BCUT2D eigenvalue weighted by molar-refractivity contribution is 5.91. The van der Waals surface area contributed by atoms with Crippen molar-refractivity contribution in [2.45, 2.75) is 51.7 Å². The maximum Gasteiger partial charge on any atom is 0.246 e. The van der Waals surface area contributed by atoms with Gasteiger partial charge in [0.15, 0.2) is 11.5 Å². The standard InChI is InChI=1S/C20H23NO4/c1-12-10-15(12)16-8-5-14(23-16)6-9-19(22)21-13-4-7-17-18(11-13)25-20(2,3)24-17/h4-5,7-8,11-12,15H,6,9-10H2,1-3H3,(H,21,22)/t12-,15+/m1/s1. The molecule has 5 heteroatoms. The van der Waals surface area contributed by atoms with Gasteiger partial charge in [-0.05, 0) is 36.6 Å². The van der Waals surface area contributed by atoms with E-state index in [1.54, 1.807) is 6.07 Å². The molecule has 1 aliphatic carbocycles. The van der Waals surface area contributed by atoms with Crippen molar-refractivity contribution in [3.05, 3.63) is 41.9 Å². The van der Waals surface area contributed by atoms with Crippen molar-refractivity contribution in [1.82, 2.24) is 0 Å². The number of furan rings is 1. The normalized spacial score (nSPS) is 22.7. The number of hydrogen-bond donors (Lipinski definition) is 1. The smallest absolute Gasteiger partial charge is 0.246 e. The van der Waals surface area contributed by atoms with E-state index in [-0.39, 0.29) is 5.91 Å². The van der Waals surface area contributed by atoms with Crippen LogP contribution in [0, 0.1) is 5.92 Å². The molecular weight excluding hydrogens is 318 g/mol. The fourth-order valence-electron chi connectivity index (χ4n) is 3.21. The zero-order chi connectivity index (χ0) is 17.6. The summed E-state index contributed by atoms with van der Waals surface area (Å²) in [5, 5.41) is 2.90. The van der Waals surface area contributed by atoms with Crippen molar-refractivity contribution in [2.24, 2.45) is 5.92 Å². The second-order valence-corrected chi connectivity index (χ2v) is 7.44. The van der Waals surface area contributed by atoms with Gasteiger partial charge in [-0.25, -0.2) is 0 Å². The predicted octanol–water partition coefficient (Wildman–Crippen LogP) is 4.48. The van der Waals surface area contributed by atoms with Gasteiger partial charge >= 0.3 is 0 Å². The van der Waals surface area contributed by atoms with Crippen LogP contribution in [0.2, 0.25) is 0 Å². The van der Waals surface area contributed by atoms with Crippen LogP contribution in [0.4, 0.5) is 5.69 Å². The van der Waals surface area contributed by atoms with Crippen LogP contribution in [0.15, 0.2) is 34.7 Å². The number of amides is 1. The molecule has 132 valence electrons. The summed E-state index contributed by atoms with van der Waals surface area (Å²) in [5.74, 6) is 3.85. The van der Waals surface area contributed by atoms with Crippen LogP contribution in [0.1, 0.15) is 51.1 Å². The van der Waals surface area contributed by atoms with Crippen LogP contribution >= 0.6 is 0 Å². The number of carbonyl (C=O) groups is 1. The second kappa shape index (κ2) is 5.83. The van der Waals surface area contributed by atoms with Crippen molar-refractivity contribution < 1.29 is 18.7 Å². The molecule has 1 N–H and O–H groups in total. The van der Waals surface area contributed by atoms with Crippen molar-refractivity contribution >= 4 is 11.6 Å². The van der Waals surface area contributed by atoms with E-state index in [0.29, 0.717) is 35.9 Å². The number of nitrogens with one attached hydrogen (secondary N) is 1. The first-order chi connectivity index (χ1) is 11.9. The van der Waals surface area contributed by atoms with Gasteiger partial charge in [0.1, 0.15) is 11.5 Å². The highest BCUT2D eigenvalue weighted by Crippen LogP contribution is 2.47. The molecule has 0 radical (unpaired) electrons.